The Balaban J connectivity index is 1.13. The molecule has 1 saturated carbocycles. The minimum atomic E-state index is -0.115. The van der Waals surface area contributed by atoms with Gasteiger partial charge in [-0.3, -0.25) is 0 Å². The minimum absolute atomic E-state index is 0.000958. The third-order valence-corrected chi connectivity index (χ3v) is 19.6. The number of anilines is 8. The van der Waals surface area contributed by atoms with Gasteiger partial charge < -0.3 is 14.7 Å². The normalized spacial score (nSPS) is 19.5. The maximum Gasteiger partial charge on any atom is 0.252 e. The number of para-hydroxylation sites is 1. The molecule has 70 heavy (non-hydrogen) atoms. The second-order valence-electron chi connectivity index (χ2n) is 23.3. The molecule has 0 N–H and O–H groups in total. The SMILES string of the molecule is CC(C)(C)c1ccc2c(c1)B1c3cc(C(C)(C)C)ccc3N(c3ccc4sc5ccccc5c4c3)c3cc(N4c5ccccc5C5(C)CCCCC45C)cc(c31)N2c1ccc2sc3ccccc3c2c1. The van der Waals surface area contributed by atoms with E-state index in [1.165, 1.54) is 138 Å². The average Bonchev–Trinajstić information content (AvgIpc) is 3.98. The van der Waals surface area contributed by atoms with Crippen LogP contribution in [-0.4, -0.2) is 12.3 Å². The van der Waals surface area contributed by atoms with Crippen molar-refractivity contribution < 1.29 is 0 Å². The molecule has 1 fully saturated rings. The molecular formula is C64H58BN3S2. The number of rotatable bonds is 3. The summed E-state index contributed by atoms with van der Waals surface area (Å²) in [6.07, 6.45) is 4.81. The van der Waals surface area contributed by atoms with Crippen molar-refractivity contribution in [3.05, 3.63) is 174 Å². The molecule has 10 aromatic rings. The topological polar surface area (TPSA) is 9.72 Å². The van der Waals surface area contributed by atoms with E-state index < -0.39 is 0 Å². The Bertz CT molecular complexity index is 3640. The van der Waals surface area contributed by atoms with Gasteiger partial charge in [0.25, 0.3) is 6.71 Å². The Hall–Kier alpha value is -6.34. The molecule has 3 aliphatic heterocycles. The van der Waals surface area contributed by atoms with Crippen LogP contribution in [0.5, 0.6) is 0 Å². The molecule has 5 heterocycles. The van der Waals surface area contributed by atoms with Gasteiger partial charge in [0.05, 0.1) is 5.54 Å². The van der Waals surface area contributed by atoms with Crippen molar-refractivity contribution in [3.8, 4) is 0 Å². The smallest absolute Gasteiger partial charge is 0.252 e. The molecule has 8 aromatic carbocycles. The summed E-state index contributed by atoms with van der Waals surface area (Å²) >= 11 is 3.79. The van der Waals surface area contributed by atoms with E-state index in [0.29, 0.717) is 0 Å². The Labute approximate surface area is 421 Å². The molecule has 2 unspecified atom stereocenters. The summed E-state index contributed by atoms with van der Waals surface area (Å²) in [4.78, 5) is 8.11. The molecule has 344 valence electrons. The maximum absolute atomic E-state index is 2.80. The van der Waals surface area contributed by atoms with E-state index in [1.807, 2.05) is 22.7 Å². The summed E-state index contributed by atoms with van der Waals surface area (Å²) in [6, 6.07) is 61.9. The van der Waals surface area contributed by atoms with Gasteiger partial charge in [0, 0.05) is 91.3 Å². The predicted molar refractivity (Wildman–Crippen MR) is 306 cm³/mol. The molecule has 0 radical (unpaired) electrons. The fourth-order valence-electron chi connectivity index (χ4n) is 13.4. The van der Waals surface area contributed by atoms with Crippen LogP contribution >= 0.6 is 22.7 Å². The molecule has 0 bridgehead atoms. The van der Waals surface area contributed by atoms with Gasteiger partial charge in [-0.2, -0.15) is 0 Å². The Kier molecular flexibility index (Phi) is 8.88. The highest BCUT2D eigenvalue weighted by Gasteiger charge is 2.58. The highest BCUT2D eigenvalue weighted by molar-refractivity contribution is 7.26. The van der Waals surface area contributed by atoms with E-state index in [0.717, 1.165) is 6.42 Å². The molecule has 0 saturated heterocycles. The first-order valence-corrected chi connectivity index (χ1v) is 27.1. The van der Waals surface area contributed by atoms with Gasteiger partial charge in [-0.05, 0) is 143 Å². The molecule has 1 aliphatic carbocycles. The van der Waals surface area contributed by atoms with Crippen LogP contribution in [0.2, 0.25) is 0 Å². The van der Waals surface area contributed by atoms with Crippen LogP contribution in [0.25, 0.3) is 40.3 Å². The fourth-order valence-corrected chi connectivity index (χ4v) is 15.6. The summed E-state index contributed by atoms with van der Waals surface area (Å²) in [6.45, 7) is 19.3. The molecular weight excluding hydrogens is 886 g/mol. The molecule has 14 rings (SSSR count). The molecule has 0 amide bonds. The maximum atomic E-state index is 2.80. The van der Waals surface area contributed by atoms with Gasteiger partial charge in [0.15, 0.2) is 0 Å². The van der Waals surface area contributed by atoms with Crippen LogP contribution in [-0.2, 0) is 16.2 Å². The predicted octanol–water partition coefficient (Wildman–Crippen LogP) is 16.8. The number of hydrogen-bond donors (Lipinski definition) is 0. The van der Waals surface area contributed by atoms with E-state index in [1.54, 1.807) is 0 Å². The van der Waals surface area contributed by atoms with Crippen molar-refractivity contribution in [1.82, 2.24) is 0 Å². The quantitative estimate of drug-likeness (QED) is 0.163. The minimum Gasteiger partial charge on any atom is -0.334 e. The monoisotopic (exact) mass is 943 g/mol. The second kappa shape index (κ2) is 14.6. The van der Waals surface area contributed by atoms with Crippen molar-refractivity contribution in [2.75, 3.05) is 14.7 Å². The number of benzene rings is 8. The van der Waals surface area contributed by atoms with Crippen LogP contribution in [0.4, 0.5) is 45.5 Å². The molecule has 4 aliphatic rings. The molecule has 6 heteroatoms. The lowest BCUT2D eigenvalue weighted by atomic mass is 9.33. The number of hydrogen-bond acceptors (Lipinski definition) is 5. The zero-order valence-electron chi connectivity index (χ0n) is 41.6. The Morgan fingerprint density at radius 3 is 1.47 bits per heavy atom. The van der Waals surface area contributed by atoms with Crippen LogP contribution in [0.1, 0.15) is 97.8 Å². The molecule has 2 aromatic heterocycles. The fraction of sp³-hybridized carbons (Fsp3) is 0.250. The number of thiophene rings is 2. The summed E-state index contributed by atoms with van der Waals surface area (Å²) in [5, 5.41) is 5.27. The zero-order chi connectivity index (χ0) is 47.6. The van der Waals surface area contributed by atoms with Gasteiger partial charge in [0.1, 0.15) is 0 Å². The lowest BCUT2D eigenvalue weighted by Gasteiger charge is -2.51. The average molecular weight is 944 g/mol. The third kappa shape index (κ3) is 5.87. The number of nitrogens with zero attached hydrogens (tertiary/aromatic N) is 3. The first-order valence-electron chi connectivity index (χ1n) is 25.5. The first kappa shape index (κ1) is 42.5. The van der Waals surface area contributed by atoms with Crippen LogP contribution in [0, 0.1) is 0 Å². The lowest BCUT2D eigenvalue weighted by molar-refractivity contribution is 0.195. The van der Waals surface area contributed by atoms with Crippen LogP contribution in [0.15, 0.2) is 158 Å². The van der Waals surface area contributed by atoms with Crippen molar-refractivity contribution in [1.29, 1.82) is 0 Å². The summed E-state index contributed by atoms with van der Waals surface area (Å²) in [5.74, 6) is 0. The van der Waals surface area contributed by atoms with Crippen LogP contribution in [0.3, 0.4) is 0 Å². The van der Waals surface area contributed by atoms with Crippen LogP contribution < -0.4 is 31.1 Å². The zero-order valence-corrected chi connectivity index (χ0v) is 43.2. The van der Waals surface area contributed by atoms with Gasteiger partial charge in [-0.1, -0.05) is 140 Å². The van der Waals surface area contributed by atoms with E-state index in [4.69, 9.17) is 0 Å². The Morgan fingerprint density at radius 2 is 0.929 bits per heavy atom. The van der Waals surface area contributed by atoms with Crippen molar-refractivity contribution in [2.24, 2.45) is 0 Å². The standard InChI is InChI=1S/C64H58BN3S2/c1-61(2,3)39-23-27-52-49(33-39)65-50-34-40(62(4,5)6)24-28-53(50)67(42-26-30-59-47(36-42)45-18-10-14-22-57(45)70-59)55-38-43(68-51-20-12-11-19-48(51)63(7)31-15-16-32-64(63,68)8)37-54(60(55)65)66(52)41-25-29-58-46(35-41)44-17-9-13-21-56(44)69-58/h9-14,17-30,33-38H,15-16,31-32H2,1-8H3. The van der Waals surface area contributed by atoms with E-state index in [2.05, 4.69) is 228 Å². The molecule has 0 spiro atoms. The van der Waals surface area contributed by atoms with E-state index in [-0.39, 0.29) is 28.5 Å². The van der Waals surface area contributed by atoms with Gasteiger partial charge >= 0.3 is 0 Å². The molecule has 2 atom stereocenters. The van der Waals surface area contributed by atoms with Gasteiger partial charge in [0.2, 0.25) is 0 Å². The third-order valence-electron chi connectivity index (χ3n) is 17.3. The first-order chi connectivity index (χ1) is 33.7. The Morgan fingerprint density at radius 1 is 0.443 bits per heavy atom. The second-order valence-corrected chi connectivity index (χ2v) is 25.4. The van der Waals surface area contributed by atoms with Crippen molar-refractivity contribution >= 4 is 132 Å². The molecule has 3 nitrogen and oxygen atoms in total. The van der Waals surface area contributed by atoms with E-state index in [9.17, 15) is 0 Å². The summed E-state index contributed by atoms with van der Waals surface area (Å²) in [5.41, 5.74) is 18.2. The summed E-state index contributed by atoms with van der Waals surface area (Å²) < 4.78 is 5.31. The lowest BCUT2D eigenvalue weighted by Crippen LogP contribution is -2.62. The van der Waals surface area contributed by atoms with Gasteiger partial charge in [-0.15, -0.1) is 22.7 Å². The largest absolute Gasteiger partial charge is 0.334 e. The highest BCUT2D eigenvalue weighted by atomic mass is 32.1. The van der Waals surface area contributed by atoms with Crippen molar-refractivity contribution in [3.63, 3.8) is 0 Å². The van der Waals surface area contributed by atoms with Gasteiger partial charge in [-0.25, -0.2) is 0 Å². The van der Waals surface area contributed by atoms with Crippen molar-refractivity contribution in [2.45, 2.75) is 103 Å². The summed E-state index contributed by atoms with van der Waals surface area (Å²) in [7, 11) is 0. The van der Waals surface area contributed by atoms with E-state index >= 15 is 0 Å². The number of fused-ring (bicyclic) bond motifs is 13. The highest BCUT2D eigenvalue weighted by Crippen LogP contribution is 2.62.